The van der Waals surface area contributed by atoms with E-state index >= 15 is 0 Å². The quantitative estimate of drug-likeness (QED) is 0.843. The Labute approximate surface area is 107 Å². The van der Waals surface area contributed by atoms with E-state index in [1.54, 1.807) is 17.1 Å². The van der Waals surface area contributed by atoms with Gasteiger partial charge in [-0.2, -0.15) is 10.2 Å². The molecule has 0 aliphatic heterocycles. The molecule has 6 nitrogen and oxygen atoms in total. The minimum Gasteiger partial charge on any atom is -0.323 e. The predicted molar refractivity (Wildman–Crippen MR) is 60.5 cm³/mol. The number of hydrogen-bond donors (Lipinski definition) is 0. The molecule has 0 aliphatic carbocycles. The predicted octanol–water partition coefficient (Wildman–Crippen LogP) is 1.49. The normalized spacial score (nSPS) is 10.2. The first-order valence-electron chi connectivity index (χ1n) is 4.61. The third-order valence-electron chi connectivity index (χ3n) is 1.91. The third kappa shape index (κ3) is 3.12. The van der Waals surface area contributed by atoms with Gasteiger partial charge in [0.25, 0.3) is 0 Å². The Morgan fingerprint density at radius 2 is 1.94 bits per heavy atom. The monoisotopic (exact) mass is 268 g/mol. The first-order valence-corrected chi connectivity index (χ1v) is 5.36. The average molecular weight is 269 g/mol. The summed E-state index contributed by atoms with van der Waals surface area (Å²) in [6.07, 6.45) is 3.71. The van der Waals surface area contributed by atoms with Crippen LogP contribution in [-0.4, -0.2) is 24.5 Å². The summed E-state index contributed by atoms with van der Waals surface area (Å²) in [5.74, 6) is 0.442. The van der Waals surface area contributed by atoms with Crippen LogP contribution in [-0.2, 0) is 13.0 Å². The van der Waals surface area contributed by atoms with E-state index in [4.69, 9.17) is 28.5 Å². The van der Waals surface area contributed by atoms with E-state index in [0.29, 0.717) is 12.2 Å². The molecule has 0 aromatic carbocycles. The van der Waals surface area contributed by atoms with Crippen LogP contribution in [0.3, 0.4) is 0 Å². The summed E-state index contributed by atoms with van der Waals surface area (Å²) in [4.78, 5) is 15.6. The zero-order chi connectivity index (χ0) is 12.3. The smallest absolute Gasteiger partial charge is 0.226 e. The van der Waals surface area contributed by atoms with Crippen molar-refractivity contribution in [3.05, 3.63) is 34.6 Å². The second-order valence-electron chi connectivity index (χ2n) is 3.16. The maximum absolute atomic E-state index is 8.53. The molecule has 0 amide bonds. The Morgan fingerprint density at radius 1 is 1.24 bits per heavy atom. The Bertz CT molecular complexity index is 553. The summed E-state index contributed by atoms with van der Waals surface area (Å²) in [6, 6.07) is 2.02. The average Bonchev–Trinajstić information content (AvgIpc) is 2.64. The van der Waals surface area contributed by atoms with Crippen LogP contribution in [0.4, 0.5) is 0 Å². The third-order valence-corrected chi connectivity index (χ3v) is 2.24. The number of aromatic nitrogens is 5. The Balaban J connectivity index is 2.17. The standard InChI is InChI=1S/C9H6Cl2N6/c10-8-14-7(15-9(11)16-8)3-6-4-17(2-1-12)5-13-6/h4-5H,2-3H2. The lowest BCUT2D eigenvalue weighted by atomic mass is 10.3. The van der Waals surface area contributed by atoms with E-state index in [2.05, 4.69) is 19.9 Å². The van der Waals surface area contributed by atoms with Gasteiger partial charge in [-0.15, -0.1) is 0 Å². The van der Waals surface area contributed by atoms with Gasteiger partial charge in [-0.05, 0) is 23.2 Å². The molecule has 0 saturated carbocycles. The number of nitrogens with zero attached hydrogens (tertiary/aromatic N) is 6. The molecule has 0 N–H and O–H groups in total. The molecule has 0 fully saturated rings. The van der Waals surface area contributed by atoms with Crippen LogP contribution in [0, 0.1) is 11.3 Å². The van der Waals surface area contributed by atoms with Crippen molar-refractivity contribution in [2.45, 2.75) is 13.0 Å². The van der Waals surface area contributed by atoms with Crippen molar-refractivity contribution in [2.24, 2.45) is 0 Å². The molecule has 86 valence electrons. The molecule has 0 bridgehead atoms. The van der Waals surface area contributed by atoms with Gasteiger partial charge in [0.2, 0.25) is 10.6 Å². The van der Waals surface area contributed by atoms with Crippen molar-refractivity contribution in [3.8, 4) is 6.07 Å². The molecular weight excluding hydrogens is 263 g/mol. The molecule has 0 unspecified atom stereocenters. The second-order valence-corrected chi connectivity index (χ2v) is 3.84. The topological polar surface area (TPSA) is 80.3 Å². The first kappa shape index (κ1) is 11.8. The lowest BCUT2D eigenvalue weighted by Crippen LogP contribution is -1.99. The van der Waals surface area contributed by atoms with Crippen molar-refractivity contribution < 1.29 is 0 Å². The summed E-state index contributed by atoms with van der Waals surface area (Å²) in [7, 11) is 0. The van der Waals surface area contributed by atoms with Crippen LogP contribution in [0.25, 0.3) is 0 Å². The lowest BCUT2D eigenvalue weighted by Gasteiger charge is -1.97. The number of hydrogen-bond acceptors (Lipinski definition) is 5. The van der Waals surface area contributed by atoms with Crippen molar-refractivity contribution in [3.63, 3.8) is 0 Å². The van der Waals surface area contributed by atoms with Gasteiger partial charge in [-0.1, -0.05) is 0 Å². The molecule has 0 saturated heterocycles. The highest BCUT2D eigenvalue weighted by Gasteiger charge is 2.06. The Hall–Kier alpha value is -1.71. The molecule has 8 heteroatoms. The Kier molecular flexibility index (Phi) is 3.52. The summed E-state index contributed by atoms with van der Waals surface area (Å²) in [5, 5.41) is 8.63. The van der Waals surface area contributed by atoms with Gasteiger partial charge in [0, 0.05) is 6.20 Å². The summed E-state index contributed by atoms with van der Waals surface area (Å²) in [6.45, 7) is 0.256. The summed E-state index contributed by atoms with van der Waals surface area (Å²) in [5.41, 5.74) is 0.735. The Morgan fingerprint density at radius 3 is 2.59 bits per heavy atom. The van der Waals surface area contributed by atoms with Crippen molar-refractivity contribution in [2.75, 3.05) is 0 Å². The van der Waals surface area contributed by atoms with E-state index < -0.39 is 0 Å². The molecular formula is C9H6Cl2N6. The van der Waals surface area contributed by atoms with Crippen LogP contribution in [0.2, 0.25) is 10.6 Å². The lowest BCUT2D eigenvalue weighted by molar-refractivity contribution is 0.828. The van der Waals surface area contributed by atoms with Gasteiger partial charge in [0.05, 0.1) is 24.5 Å². The first-order chi connectivity index (χ1) is 8.17. The van der Waals surface area contributed by atoms with Crippen LogP contribution in [0.1, 0.15) is 11.5 Å². The maximum atomic E-state index is 8.53. The van der Waals surface area contributed by atoms with Crippen molar-refractivity contribution in [1.29, 1.82) is 5.26 Å². The van der Waals surface area contributed by atoms with Crippen molar-refractivity contribution >= 4 is 23.2 Å². The van der Waals surface area contributed by atoms with E-state index in [1.165, 1.54) is 0 Å². The molecule has 0 radical (unpaired) electrons. The van der Waals surface area contributed by atoms with E-state index in [0.717, 1.165) is 5.69 Å². The van der Waals surface area contributed by atoms with Gasteiger partial charge in [0.1, 0.15) is 12.4 Å². The van der Waals surface area contributed by atoms with Gasteiger partial charge < -0.3 is 4.57 Å². The maximum Gasteiger partial charge on any atom is 0.226 e. The zero-order valence-electron chi connectivity index (χ0n) is 8.51. The zero-order valence-corrected chi connectivity index (χ0v) is 10.0. The minimum absolute atomic E-state index is 0.0523. The van der Waals surface area contributed by atoms with E-state index in [9.17, 15) is 0 Å². The molecule has 2 aromatic heterocycles. The number of imidazole rings is 1. The van der Waals surface area contributed by atoms with Crippen LogP contribution in [0.5, 0.6) is 0 Å². The van der Waals surface area contributed by atoms with Crippen LogP contribution < -0.4 is 0 Å². The van der Waals surface area contributed by atoms with Crippen molar-refractivity contribution in [1.82, 2.24) is 24.5 Å². The summed E-state index contributed by atoms with van der Waals surface area (Å²) >= 11 is 11.3. The second kappa shape index (κ2) is 5.08. The molecule has 2 rings (SSSR count). The SMILES string of the molecule is N#CCn1cnc(Cc2nc(Cl)nc(Cl)n2)c1. The van der Waals surface area contributed by atoms with Gasteiger partial charge >= 0.3 is 0 Å². The molecule has 17 heavy (non-hydrogen) atoms. The molecule has 2 aromatic rings. The molecule has 0 aliphatic rings. The van der Waals surface area contributed by atoms with Gasteiger partial charge in [-0.3, -0.25) is 0 Å². The highest BCUT2D eigenvalue weighted by Crippen LogP contribution is 2.09. The highest BCUT2D eigenvalue weighted by molar-refractivity contribution is 6.30. The van der Waals surface area contributed by atoms with E-state index in [1.807, 2.05) is 6.07 Å². The number of halogens is 2. The molecule has 0 spiro atoms. The van der Waals surface area contributed by atoms with E-state index in [-0.39, 0.29) is 17.1 Å². The number of nitriles is 1. The fourth-order valence-electron chi connectivity index (χ4n) is 1.27. The molecule has 2 heterocycles. The van der Waals surface area contributed by atoms with Gasteiger partial charge in [0.15, 0.2) is 0 Å². The molecule has 0 atom stereocenters. The summed E-state index contributed by atoms with van der Waals surface area (Å²) < 4.78 is 1.67. The fourth-order valence-corrected chi connectivity index (χ4v) is 1.67. The highest BCUT2D eigenvalue weighted by atomic mass is 35.5. The van der Waals surface area contributed by atoms with Crippen LogP contribution in [0.15, 0.2) is 12.5 Å². The fraction of sp³-hybridized carbons (Fsp3) is 0.222. The minimum atomic E-state index is 0.0523. The largest absolute Gasteiger partial charge is 0.323 e. The number of rotatable bonds is 3. The van der Waals surface area contributed by atoms with Crippen LogP contribution >= 0.6 is 23.2 Å². The van der Waals surface area contributed by atoms with Gasteiger partial charge in [-0.25, -0.2) is 15.0 Å².